The smallest absolute Gasteiger partial charge is 0.236 e. The van der Waals surface area contributed by atoms with Gasteiger partial charge in [0.25, 0.3) is 0 Å². The van der Waals surface area contributed by atoms with Crippen LogP contribution in [0.1, 0.15) is 5.56 Å². The molecule has 2 heterocycles. The van der Waals surface area contributed by atoms with Gasteiger partial charge in [-0.05, 0) is 30.7 Å². The second-order valence-corrected chi connectivity index (χ2v) is 4.80. The van der Waals surface area contributed by atoms with Crippen LogP contribution >= 0.6 is 0 Å². The minimum atomic E-state index is 0.704. The first-order valence-electron chi connectivity index (χ1n) is 6.25. The maximum atomic E-state index is 4.69. The van der Waals surface area contributed by atoms with Crippen LogP contribution in [-0.2, 0) is 0 Å². The number of aromatic nitrogens is 3. The van der Waals surface area contributed by atoms with Gasteiger partial charge in [0.15, 0.2) is 0 Å². The quantitative estimate of drug-likeness (QED) is 0.703. The summed E-state index contributed by atoms with van der Waals surface area (Å²) in [5.41, 5.74) is 2.17. The Morgan fingerprint density at radius 3 is 2.42 bits per heavy atom. The molecule has 4 nitrogen and oxygen atoms in total. The van der Waals surface area contributed by atoms with Crippen LogP contribution in [0.3, 0.4) is 0 Å². The first-order chi connectivity index (χ1) is 9.16. The van der Waals surface area contributed by atoms with Gasteiger partial charge in [-0.25, -0.2) is 4.98 Å². The van der Waals surface area contributed by atoms with E-state index in [0.717, 1.165) is 22.3 Å². The summed E-state index contributed by atoms with van der Waals surface area (Å²) >= 11 is 0. The standard InChI is InChI=1S/C15H16N4/c1-11-7-6-8-12-13(11)16-15(17-14(12)18(2)3)19-9-4-5-10-19/h4-10H,1-3H3. The maximum Gasteiger partial charge on any atom is 0.236 e. The first-order valence-corrected chi connectivity index (χ1v) is 6.25. The molecule has 19 heavy (non-hydrogen) atoms. The molecule has 0 unspecified atom stereocenters. The van der Waals surface area contributed by atoms with E-state index in [0.29, 0.717) is 5.95 Å². The SMILES string of the molecule is Cc1cccc2c(N(C)C)nc(-n3cccc3)nc12. The van der Waals surface area contributed by atoms with Crippen molar-refractivity contribution in [1.29, 1.82) is 0 Å². The van der Waals surface area contributed by atoms with Crippen LogP contribution in [0.2, 0.25) is 0 Å². The molecule has 0 fully saturated rings. The van der Waals surface area contributed by atoms with Gasteiger partial charge in [-0.2, -0.15) is 4.98 Å². The average Bonchev–Trinajstić information content (AvgIpc) is 2.92. The number of para-hydroxylation sites is 1. The van der Waals surface area contributed by atoms with Crippen LogP contribution in [0.15, 0.2) is 42.7 Å². The molecule has 3 aromatic rings. The average molecular weight is 252 g/mol. The van der Waals surface area contributed by atoms with E-state index in [9.17, 15) is 0 Å². The summed E-state index contributed by atoms with van der Waals surface area (Å²) in [5, 5.41) is 1.08. The fourth-order valence-corrected chi connectivity index (χ4v) is 2.19. The van der Waals surface area contributed by atoms with E-state index < -0.39 is 0 Å². The Balaban J connectivity index is 2.35. The summed E-state index contributed by atoms with van der Waals surface area (Å²) in [4.78, 5) is 11.4. The minimum Gasteiger partial charge on any atom is -0.362 e. The molecule has 0 aliphatic rings. The zero-order chi connectivity index (χ0) is 13.4. The lowest BCUT2D eigenvalue weighted by Crippen LogP contribution is -2.14. The van der Waals surface area contributed by atoms with Crippen molar-refractivity contribution in [2.45, 2.75) is 6.92 Å². The van der Waals surface area contributed by atoms with Crippen molar-refractivity contribution in [1.82, 2.24) is 14.5 Å². The molecule has 0 bridgehead atoms. The van der Waals surface area contributed by atoms with Crippen molar-refractivity contribution < 1.29 is 0 Å². The molecule has 3 rings (SSSR count). The zero-order valence-electron chi connectivity index (χ0n) is 11.3. The summed E-state index contributed by atoms with van der Waals surface area (Å²) in [6.07, 6.45) is 3.91. The van der Waals surface area contributed by atoms with E-state index in [-0.39, 0.29) is 0 Å². The number of benzene rings is 1. The number of fused-ring (bicyclic) bond motifs is 1. The molecule has 4 heteroatoms. The summed E-state index contributed by atoms with van der Waals surface area (Å²) in [6.45, 7) is 2.08. The molecule has 0 spiro atoms. The number of anilines is 1. The number of hydrogen-bond acceptors (Lipinski definition) is 3. The lowest BCUT2D eigenvalue weighted by molar-refractivity contribution is 0.933. The third kappa shape index (κ3) is 1.95. The zero-order valence-corrected chi connectivity index (χ0v) is 11.3. The van der Waals surface area contributed by atoms with Crippen LogP contribution in [0.4, 0.5) is 5.82 Å². The molecule has 1 aromatic carbocycles. The Morgan fingerprint density at radius 2 is 1.74 bits per heavy atom. The van der Waals surface area contributed by atoms with Gasteiger partial charge in [0.1, 0.15) is 5.82 Å². The highest BCUT2D eigenvalue weighted by Crippen LogP contribution is 2.25. The fourth-order valence-electron chi connectivity index (χ4n) is 2.19. The number of aryl methyl sites for hydroxylation is 1. The Labute approximate surface area is 112 Å². The normalized spacial score (nSPS) is 10.9. The molecule has 0 aliphatic heterocycles. The van der Waals surface area contributed by atoms with Gasteiger partial charge < -0.3 is 4.90 Å². The molecule has 0 saturated carbocycles. The Bertz CT molecular complexity index is 714. The van der Waals surface area contributed by atoms with E-state index in [1.165, 1.54) is 0 Å². The first kappa shape index (κ1) is 11.7. The third-order valence-corrected chi connectivity index (χ3v) is 3.16. The van der Waals surface area contributed by atoms with Crippen molar-refractivity contribution in [3.05, 3.63) is 48.3 Å². The third-order valence-electron chi connectivity index (χ3n) is 3.16. The summed E-state index contributed by atoms with van der Waals surface area (Å²) in [6, 6.07) is 10.1. The summed E-state index contributed by atoms with van der Waals surface area (Å²) in [7, 11) is 4.01. The van der Waals surface area contributed by atoms with Crippen molar-refractivity contribution in [3.63, 3.8) is 0 Å². The summed E-state index contributed by atoms with van der Waals surface area (Å²) < 4.78 is 1.93. The fraction of sp³-hybridized carbons (Fsp3) is 0.200. The molecule has 2 aromatic heterocycles. The highest BCUT2D eigenvalue weighted by Gasteiger charge is 2.11. The predicted molar refractivity (Wildman–Crippen MR) is 77.9 cm³/mol. The van der Waals surface area contributed by atoms with E-state index in [1.54, 1.807) is 0 Å². The van der Waals surface area contributed by atoms with E-state index in [2.05, 4.69) is 29.0 Å². The lowest BCUT2D eigenvalue weighted by atomic mass is 10.1. The van der Waals surface area contributed by atoms with Crippen molar-refractivity contribution in [2.24, 2.45) is 0 Å². The largest absolute Gasteiger partial charge is 0.362 e. The van der Waals surface area contributed by atoms with Gasteiger partial charge in [0.05, 0.1) is 5.52 Å². The lowest BCUT2D eigenvalue weighted by Gasteiger charge is -2.16. The second-order valence-electron chi connectivity index (χ2n) is 4.80. The molecular formula is C15H16N4. The van der Waals surface area contributed by atoms with Crippen molar-refractivity contribution in [3.8, 4) is 5.95 Å². The van der Waals surface area contributed by atoms with Crippen LogP contribution in [0.25, 0.3) is 16.9 Å². The van der Waals surface area contributed by atoms with Gasteiger partial charge in [-0.3, -0.25) is 4.57 Å². The maximum absolute atomic E-state index is 4.69. The summed E-state index contributed by atoms with van der Waals surface area (Å²) in [5.74, 6) is 1.65. The highest BCUT2D eigenvalue weighted by molar-refractivity contribution is 5.91. The molecule has 0 N–H and O–H groups in total. The van der Waals surface area contributed by atoms with Gasteiger partial charge in [-0.1, -0.05) is 12.1 Å². The van der Waals surface area contributed by atoms with Gasteiger partial charge in [0.2, 0.25) is 5.95 Å². The van der Waals surface area contributed by atoms with Crippen LogP contribution in [-0.4, -0.2) is 28.6 Å². The Morgan fingerprint density at radius 1 is 1.00 bits per heavy atom. The van der Waals surface area contributed by atoms with Crippen molar-refractivity contribution >= 4 is 16.7 Å². The van der Waals surface area contributed by atoms with Gasteiger partial charge in [0, 0.05) is 31.9 Å². The minimum absolute atomic E-state index is 0.704. The molecule has 0 radical (unpaired) electrons. The van der Waals surface area contributed by atoms with Gasteiger partial charge >= 0.3 is 0 Å². The van der Waals surface area contributed by atoms with Crippen molar-refractivity contribution in [2.75, 3.05) is 19.0 Å². The Kier molecular flexibility index (Phi) is 2.71. The predicted octanol–water partition coefficient (Wildman–Crippen LogP) is 2.79. The highest BCUT2D eigenvalue weighted by atomic mass is 15.2. The van der Waals surface area contributed by atoms with Crippen LogP contribution in [0, 0.1) is 6.92 Å². The monoisotopic (exact) mass is 252 g/mol. The number of rotatable bonds is 2. The molecule has 96 valence electrons. The number of hydrogen-bond donors (Lipinski definition) is 0. The Hall–Kier alpha value is -2.36. The second kappa shape index (κ2) is 4.39. The molecule has 0 saturated heterocycles. The topological polar surface area (TPSA) is 34.0 Å². The molecule has 0 aliphatic carbocycles. The van der Waals surface area contributed by atoms with E-state index >= 15 is 0 Å². The van der Waals surface area contributed by atoms with Crippen LogP contribution < -0.4 is 4.90 Å². The van der Waals surface area contributed by atoms with E-state index in [1.807, 2.05) is 54.2 Å². The number of nitrogens with zero attached hydrogens (tertiary/aromatic N) is 4. The molecular weight excluding hydrogens is 236 g/mol. The van der Waals surface area contributed by atoms with Gasteiger partial charge in [-0.15, -0.1) is 0 Å². The molecule has 0 atom stereocenters. The molecule has 0 amide bonds. The van der Waals surface area contributed by atoms with E-state index in [4.69, 9.17) is 0 Å². The van der Waals surface area contributed by atoms with Crippen LogP contribution in [0.5, 0.6) is 0 Å².